The second-order valence-corrected chi connectivity index (χ2v) is 6.86. The third kappa shape index (κ3) is 4.50. The van der Waals surface area contributed by atoms with Crippen molar-refractivity contribution in [1.29, 1.82) is 0 Å². The molecule has 8 heteroatoms. The van der Waals surface area contributed by atoms with E-state index in [1.54, 1.807) is 24.0 Å². The zero-order valence-electron chi connectivity index (χ0n) is 15.8. The Hall–Kier alpha value is -2.19. The van der Waals surface area contributed by atoms with Crippen molar-refractivity contribution in [2.45, 2.75) is 26.0 Å². The van der Waals surface area contributed by atoms with Gasteiger partial charge in [0.25, 0.3) is 5.56 Å². The quantitative estimate of drug-likeness (QED) is 0.717. The van der Waals surface area contributed by atoms with E-state index in [2.05, 4.69) is 19.4 Å². The largest absolute Gasteiger partial charge is 0.374 e. The molecule has 0 spiro atoms. The summed E-state index contributed by atoms with van der Waals surface area (Å²) in [4.78, 5) is 25.0. The first-order valence-corrected chi connectivity index (χ1v) is 9.09. The van der Waals surface area contributed by atoms with Gasteiger partial charge in [0.15, 0.2) is 5.82 Å². The van der Waals surface area contributed by atoms with Gasteiger partial charge in [-0.3, -0.25) is 9.69 Å². The van der Waals surface area contributed by atoms with Crippen LogP contribution in [0.4, 0.5) is 5.82 Å². The van der Waals surface area contributed by atoms with E-state index in [0.717, 1.165) is 45.0 Å². The number of imidazole rings is 1. The number of nitrogens with zero attached hydrogens (tertiary/aromatic N) is 6. The lowest BCUT2D eigenvalue weighted by atomic mass is 10.2. The van der Waals surface area contributed by atoms with Crippen LogP contribution in [0.25, 0.3) is 0 Å². The molecular formula is C18H28N6O2. The zero-order chi connectivity index (χ0) is 18.5. The molecule has 1 aliphatic heterocycles. The van der Waals surface area contributed by atoms with E-state index < -0.39 is 0 Å². The molecule has 2 aromatic heterocycles. The molecule has 0 saturated carbocycles. The van der Waals surface area contributed by atoms with E-state index in [1.165, 1.54) is 0 Å². The number of likely N-dealkylation sites (N-methyl/N-ethyl adjacent to an activating group) is 1. The van der Waals surface area contributed by atoms with Crippen molar-refractivity contribution >= 4 is 5.82 Å². The zero-order valence-corrected chi connectivity index (χ0v) is 15.8. The minimum atomic E-state index is -0.0848. The predicted octanol–water partition coefficient (Wildman–Crippen LogP) is 0.513. The summed E-state index contributed by atoms with van der Waals surface area (Å²) < 4.78 is 9.64. The molecule has 1 fully saturated rings. The molecule has 8 nitrogen and oxygen atoms in total. The van der Waals surface area contributed by atoms with Crippen LogP contribution in [0.3, 0.4) is 0 Å². The molecular weight excluding hydrogens is 332 g/mol. The minimum Gasteiger partial charge on any atom is -0.374 e. The SMILES string of the molecule is Cc1nccn1CCCN1CCO[C@@H](CN(C)c2nccn(C)c2=O)C1. The highest BCUT2D eigenvalue weighted by Crippen LogP contribution is 2.10. The van der Waals surface area contributed by atoms with Crippen LogP contribution < -0.4 is 10.5 Å². The molecule has 3 heterocycles. The summed E-state index contributed by atoms with van der Waals surface area (Å²) in [5, 5.41) is 0. The highest BCUT2D eigenvalue weighted by molar-refractivity contribution is 5.34. The molecule has 2 aromatic rings. The smallest absolute Gasteiger partial charge is 0.293 e. The van der Waals surface area contributed by atoms with E-state index in [9.17, 15) is 4.79 Å². The molecule has 26 heavy (non-hydrogen) atoms. The van der Waals surface area contributed by atoms with E-state index >= 15 is 0 Å². The summed E-state index contributed by atoms with van der Waals surface area (Å²) >= 11 is 0. The molecule has 142 valence electrons. The molecule has 1 saturated heterocycles. The Balaban J connectivity index is 1.49. The number of hydrogen-bond acceptors (Lipinski definition) is 6. The maximum Gasteiger partial charge on any atom is 0.293 e. The van der Waals surface area contributed by atoms with E-state index in [1.807, 2.05) is 31.3 Å². The lowest BCUT2D eigenvalue weighted by molar-refractivity contribution is -0.0241. The summed E-state index contributed by atoms with van der Waals surface area (Å²) in [7, 11) is 3.63. The number of morpholine rings is 1. The van der Waals surface area contributed by atoms with E-state index in [-0.39, 0.29) is 11.7 Å². The van der Waals surface area contributed by atoms with Crippen molar-refractivity contribution in [2.75, 3.05) is 44.7 Å². The van der Waals surface area contributed by atoms with Crippen molar-refractivity contribution in [1.82, 2.24) is 24.0 Å². The maximum atomic E-state index is 12.2. The second kappa shape index (κ2) is 8.46. The van der Waals surface area contributed by atoms with Gasteiger partial charge in [-0.15, -0.1) is 0 Å². The number of rotatable bonds is 7. The summed E-state index contributed by atoms with van der Waals surface area (Å²) in [6.07, 6.45) is 8.35. The number of hydrogen-bond donors (Lipinski definition) is 0. The summed E-state index contributed by atoms with van der Waals surface area (Å²) in [6, 6.07) is 0. The lowest BCUT2D eigenvalue weighted by Crippen LogP contribution is -2.48. The highest BCUT2D eigenvalue weighted by atomic mass is 16.5. The van der Waals surface area contributed by atoms with Gasteiger partial charge >= 0.3 is 0 Å². The van der Waals surface area contributed by atoms with Crippen LogP contribution in [0.15, 0.2) is 29.6 Å². The monoisotopic (exact) mass is 360 g/mol. The molecule has 0 aromatic carbocycles. The van der Waals surface area contributed by atoms with Gasteiger partial charge in [-0.1, -0.05) is 0 Å². The summed E-state index contributed by atoms with van der Waals surface area (Å²) in [5.41, 5.74) is -0.0848. The highest BCUT2D eigenvalue weighted by Gasteiger charge is 2.22. The standard InChI is InChI=1S/C18H28N6O2/c1-15-19-6-10-24(15)8-4-7-23-11-12-26-16(14-23)13-22(3)17-18(25)21(2)9-5-20-17/h5-6,9-10,16H,4,7-8,11-14H2,1-3H3/t16-/m0/s1. The van der Waals surface area contributed by atoms with Crippen LogP contribution in [0, 0.1) is 6.92 Å². The van der Waals surface area contributed by atoms with Gasteiger partial charge < -0.3 is 18.8 Å². The fourth-order valence-corrected chi connectivity index (χ4v) is 3.34. The Kier molecular flexibility index (Phi) is 6.05. The van der Waals surface area contributed by atoms with Crippen molar-refractivity contribution in [3.8, 4) is 0 Å². The van der Waals surface area contributed by atoms with Crippen LogP contribution in [0.5, 0.6) is 0 Å². The van der Waals surface area contributed by atoms with Crippen LogP contribution in [0.1, 0.15) is 12.2 Å². The van der Waals surface area contributed by atoms with E-state index in [4.69, 9.17) is 4.74 Å². The average Bonchev–Trinajstić information content (AvgIpc) is 3.03. The molecule has 0 unspecified atom stereocenters. The molecule has 1 atom stereocenters. The number of anilines is 1. The minimum absolute atomic E-state index is 0.0791. The summed E-state index contributed by atoms with van der Waals surface area (Å²) in [6.45, 7) is 7.26. The van der Waals surface area contributed by atoms with E-state index in [0.29, 0.717) is 12.4 Å². The Morgan fingerprint density at radius 2 is 2.08 bits per heavy atom. The van der Waals surface area contributed by atoms with Crippen molar-refractivity contribution in [3.63, 3.8) is 0 Å². The van der Waals surface area contributed by atoms with Crippen molar-refractivity contribution < 1.29 is 4.74 Å². The van der Waals surface area contributed by atoms with Gasteiger partial charge in [-0.2, -0.15) is 0 Å². The van der Waals surface area contributed by atoms with Crippen molar-refractivity contribution in [3.05, 3.63) is 41.0 Å². The third-order valence-corrected chi connectivity index (χ3v) is 4.86. The van der Waals surface area contributed by atoms with Crippen LogP contribution >= 0.6 is 0 Å². The van der Waals surface area contributed by atoms with Gasteiger partial charge in [-0.25, -0.2) is 9.97 Å². The maximum absolute atomic E-state index is 12.2. The molecule has 0 aliphatic carbocycles. The first-order valence-electron chi connectivity index (χ1n) is 9.09. The molecule has 3 rings (SSSR count). The summed E-state index contributed by atoms with van der Waals surface area (Å²) in [5.74, 6) is 1.52. The molecule has 0 radical (unpaired) electrons. The Labute approximate surface area is 154 Å². The second-order valence-electron chi connectivity index (χ2n) is 6.86. The van der Waals surface area contributed by atoms with Crippen LogP contribution in [0.2, 0.25) is 0 Å². The van der Waals surface area contributed by atoms with Crippen LogP contribution in [-0.2, 0) is 18.3 Å². The molecule has 0 N–H and O–H groups in total. The third-order valence-electron chi connectivity index (χ3n) is 4.86. The van der Waals surface area contributed by atoms with Gasteiger partial charge in [0.05, 0.1) is 12.7 Å². The number of aryl methyl sites for hydroxylation is 3. The number of ether oxygens (including phenoxy) is 1. The first-order chi connectivity index (χ1) is 12.5. The van der Waals surface area contributed by atoms with Crippen LogP contribution in [-0.4, -0.2) is 69.9 Å². The Morgan fingerprint density at radius 1 is 1.27 bits per heavy atom. The number of aromatic nitrogens is 4. The molecule has 0 amide bonds. The predicted molar refractivity (Wildman–Crippen MR) is 101 cm³/mol. The van der Waals surface area contributed by atoms with Gasteiger partial charge in [0, 0.05) is 71.6 Å². The van der Waals surface area contributed by atoms with Gasteiger partial charge in [0.1, 0.15) is 5.82 Å². The van der Waals surface area contributed by atoms with Crippen molar-refractivity contribution in [2.24, 2.45) is 7.05 Å². The first kappa shape index (κ1) is 18.6. The Bertz CT molecular complexity index is 771. The topological polar surface area (TPSA) is 68.4 Å². The molecule has 0 bridgehead atoms. The fourth-order valence-electron chi connectivity index (χ4n) is 3.34. The van der Waals surface area contributed by atoms with Gasteiger partial charge in [0.2, 0.25) is 0 Å². The molecule has 1 aliphatic rings. The lowest BCUT2D eigenvalue weighted by Gasteiger charge is -2.35. The average molecular weight is 360 g/mol. The fraction of sp³-hybridized carbons (Fsp3) is 0.611. The normalized spacial score (nSPS) is 18.2. The Morgan fingerprint density at radius 3 is 2.85 bits per heavy atom. The van der Waals surface area contributed by atoms with Gasteiger partial charge in [-0.05, 0) is 13.3 Å².